The SMILES string of the molecule is COC(=O)c1c(NC(=O)/C=C\c2ccccc2)sc(C)c1-c1ccc(F)cc1. The fraction of sp³-hybridized carbons (Fsp3) is 0.0909. The molecule has 2 aromatic carbocycles. The highest BCUT2D eigenvalue weighted by atomic mass is 32.1. The average Bonchev–Trinajstić information content (AvgIpc) is 3.02. The molecule has 3 rings (SSSR count). The number of benzene rings is 2. The Morgan fingerprint density at radius 1 is 1.07 bits per heavy atom. The molecule has 0 saturated carbocycles. The zero-order valence-corrected chi connectivity index (χ0v) is 16.2. The van der Waals surface area contributed by atoms with Crippen LogP contribution in [0.2, 0.25) is 0 Å². The zero-order chi connectivity index (χ0) is 20.1. The van der Waals surface area contributed by atoms with Crippen LogP contribution in [0.15, 0.2) is 60.7 Å². The van der Waals surface area contributed by atoms with E-state index in [0.29, 0.717) is 16.1 Å². The van der Waals surface area contributed by atoms with Gasteiger partial charge in [-0.2, -0.15) is 0 Å². The molecular formula is C22H18FNO3S. The number of ether oxygens (including phenoxy) is 1. The maximum Gasteiger partial charge on any atom is 0.341 e. The van der Waals surface area contributed by atoms with Crippen LogP contribution in [-0.4, -0.2) is 19.0 Å². The van der Waals surface area contributed by atoms with E-state index in [1.165, 1.54) is 36.7 Å². The number of hydrogen-bond donors (Lipinski definition) is 1. The number of amides is 1. The van der Waals surface area contributed by atoms with E-state index >= 15 is 0 Å². The first-order valence-corrected chi connectivity index (χ1v) is 9.33. The number of carbonyl (C=O) groups is 2. The normalized spacial score (nSPS) is 10.8. The van der Waals surface area contributed by atoms with E-state index in [0.717, 1.165) is 10.4 Å². The van der Waals surface area contributed by atoms with Crippen LogP contribution in [0.4, 0.5) is 9.39 Å². The molecule has 0 radical (unpaired) electrons. The van der Waals surface area contributed by atoms with Crippen molar-refractivity contribution in [3.8, 4) is 11.1 Å². The smallest absolute Gasteiger partial charge is 0.341 e. The molecule has 1 N–H and O–H groups in total. The van der Waals surface area contributed by atoms with Crippen molar-refractivity contribution in [2.24, 2.45) is 0 Å². The number of nitrogens with one attached hydrogen (secondary N) is 1. The molecule has 6 heteroatoms. The van der Waals surface area contributed by atoms with Crippen LogP contribution in [0.25, 0.3) is 17.2 Å². The number of carbonyl (C=O) groups excluding carboxylic acids is 2. The summed E-state index contributed by atoms with van der Waals surface area (Å²) in [5.74, 6) is -1.29. The molecule has 0 unspecified atom stereocenters. The summed E-state index contributed by atoms with van der Waals surface area (Å²) < 4.78 is 18.2. The minimum absolute atomic E-state index is 0.262. The molecule has 0 fully saturated rings. The summed E-state index contributed by atoms with van der Waals surface area (Å²) in [6.45, 7) is 1.84. The zero-order valence-electron chi connectivity index (χ0n) is 15.4. The van der Waals surface area contributed by atoms with Crippen molar-refractivity contribution in [1.82, 2.24) is 0 Å². The lowest BCUT2D eigenvalue weighted by Crippen LogP contribution is -2.11. The topological polar surface area (TPSA) is 55.4 Å². The maximum atomic E-state index is 13.3. The Hall–Kier alpha value is -3.25. The van der Waals surface area contributed by atoms with Gasteiger partial charge in [0.25, 0.3) is 0 Å². The molecule has 4 nitrogen and oxygen atoms in total. The van der Waals surface area contributed by atoms with Gasteiger partial charge < -0.3 is 10.1 Å². The van der Waals surface area contributed by atoms with Crippen molar-refractivity contribution >= 4 is 34.3 Å². The van der Waals surface area contributed by atoms with E-state index in [1.807, 2.05) is 37.3 Å². The van der Waals surface area contributed by atoms with E-state index in [1.54, 1.807) is 18.2 Å². The van der Waals surface area contributed by atoms with Gasteiger partial charge in [-0.05, 0) is 36.3 Å². The number of esters is 1. The molecule has 0 saturated heterocycles. The van der Waals surface area contributed by atoms with E-state index in [2.05, 4.69) is 5.32 Å². The predicted molar refractivity (Wildman–Crippen MR) is 110 cm³/mol. The molecule has 1 amide bonds. The summed E-state index contributed by atoms with van der Waals surface area (Å²) in [4.78, 5) is 25.6. The Labute approximate surface area is 166 Å². The van der Waals surface area contributed by atoms with Crippen molar-refractivity contribution in [1.29, 1.82) is 0 Å². The summed E-state index contributed by atoms with van der Waals surface area (Å²) in [5, 5.41) is 3.15. The first-order valence-electron chi connectivity index (χ1n) is 8.51. The van der Waals surface area contributed by atoms with Crippen molar-refractivity contribution < 1.29 is 18.7 Å². The fourth-order valence-corrected chi connectivity index (χ4v) is 3.85. The molecule has 1 aromatic heterocycles. The van der Waals surface area contributed by atoms with Crippen molar-refractivity contribution in [2.45, 2.75) is 6.92 Å². The Balaban J connectivity index is 1.93. The van der Waals surface area contributed by atoms with E-state index in [4.69, 9.17) is 4.74 Å². The minimum Gasteiger partial charge on any atom is -0.465 e. The van der Waals surface area contributed by atoms with Gasteiger partial charge in [0.1, 0.15) is 16.4 Å². The lowest BCUT2D eigenvalue weighted by molar-refractivity contribution is -0.111. The Bertz CT molecular complexity index is 1020. The van der Waals surface area contributed by atoms with Crippen LogP contribution in [-0.2, 0) is 9.53 Å². The third-order valence-electron chi connectivity index (χ3n) is 4.07. The third kappa shape index (κ3) is 4.35. The van der Waals surface area contributed by atoms with Crippen LogP contribution in [0.1, 0.15) is 20.8 Å². The second kappa shape index (κ2) is 8.63. The minimum atomic E-state index is -0.564. The van der Waals surface area contributed by atoms with Gasteiger partial charge in [0.2, 0.25) is 5.91 Å². The number of thiophene rings is 1. The first-order chi connectivity index (χ1) is 13.5. The second-order valence-corrected chi connectivity index (χ2v) is 7.19. The van der Waals surface area contributed by atoms with Crippen LogP contribution in [0, 0.1) is 12.7 Å². The maximum absolute atomic E-state index is 13.3. The molecule has 0 atom stereocenters. The predicted octanol–water partition coefficient (Wildman–Crippen LogP) is 5.30. The summed E-state index contributed by atoms with van der Waals surface area (Å²) in [6, 6.07) is 15.3. The highest BCUT2D eigenvalue weighted by Crippen LogP contribution is 2.40. The highest BCUT2D eigenvalue weighted by Gasteiger charge is 2.24. The van der Waals surface area contributed by atoms with Gasteiger partial charge in [-0.15, -0.1) is 11.3 Å². The van der Waals surface area contributed by atoms with Gasteiger partial charge >= 0.3 is 5.97 Å². The van der Waals surface area contributed by atoms with Crippen molar-refractivity contribution in [3.05, 3.63) is 82.5 Å². The van der Waals surface area contributed by atoms with Gasteiger partial charge in [-0.25, -0.2) is 9.18 Å². The van der Waals surface area contributed by atoms with Gasteiger partial charge in [0, 0.05) is 16.5 Å². The summed E-state index contributed by atoms with van der Waals surface area (Å²) in [5.41, 5.74) is 2.45. The fourth-order valence-electron chi connectivity index (χ4n) is 2.78. The van der Waals surface area contributed by atoms with E-state index in [9.17, 15) is 14.0 Å². The third-order valence-corrected chi connectivity index (χ3v) is 5.09. The Morgan fingerprint density at radius 3 is 2.39 bits per heavy atom. The highest BCUT2D eigenvalue weighted by molar-refractivity contribution is 7.17. The monoisotopic (exact) mass is 395 g/mol. The lowest BCUT2D eigenvalue weighted by atomic mass is 10.0. The summed E-state index contributed by atoms with van der Waals surface area (Å²) in [7, 11) is 1.28. The summed E-state index contributed by atoms with van der Waals surface area (Å²) in [6.07, 6.45) is 3.09. The van der Waals surface area contributed by atoms with Crippen LogP contribution in [0.5, 0.6) is 0 Å². The van der Waals surface area contributed by atoms with Crippen LogP contribution < -0.4 is 5.32 Å². The molecule has 0 aliphatic rings. The lowest BCUT2D eigenvalue weighted by Gasteiger charge is -2.07. The molecule has 3 aromatic rings. The largest absolute Gasteiger partial charge is 0.465 e. The number of anilines is 1. The molecule has 28 heavy (non-hydrogen) atoms. The van der Waals surface area contributed by atoms with Gasteiger partial charge in [-0.3, -0.25) is 4.79 Å². The van der Waals surface area contributed by atoms with Crippen LogP contribution >= 0.6 is 11.3 Å². The van der Waals surface area contributed by atoms with E-state index < -0.39 is 5.97 Å². The quantitative estimate of drug-likeness (QED) is 0.471. The molecule has 142 valence electrons. The number of aryl methyl sites for hydroxylation is 1. The Kier molecular flexibility index (Phi) is 6.01. The number of halogens is 1. The van der Waals surface area contributed by atoms with Gasteiger partial charge in [0.05, 0.1) is 7.11 Å². The molecular weight excluding hydrogens is 377 g/mol. The van der Waals surface area contributed by atoms with Crippen molar-refractivity contribution in [3.63, 3.8) is 0 Å². The second-order valence-electron chi connectivity index (χ2n) is 5.97. The van der Waals surface area contributed by atoms with Crippen molar-refractivity contribution in [2.75, 3.05) is 12.4 Å². The number of rotatable bonds is 5. The molecule has 0 aliphatic heterocycles. The first kappa shape index (κ1) is 19.5. The number of methoxy groups -OCH3 is 1. The Morgan fingerprint density at radius 2 is 1.75 bits per heavy atom. The molecule has 0 spiro atoms. The van der Waals surface area contributed by atoms with Crippen LogP contribution in [0.3, 0.4) is 0 Å². The van der Waals surface area contributed by atoms with Gasteiger partial charge in [0.15, 0.2) is 0 Å². The van der Waals surface area contributed by atoms with E-state index in [-0.39, 0.29) is 17.3 Å². The molecule has 1 heterocycles. The average molecular weight is 395 g/mol. The molecule has 0 bridgehead atoms. The summed E-state index contributed by atoms with van der Waals surface area (Å²) >= 11 is 1.27. The number of hydrogen-bond acceptors (Lipinski definition) is 4. The van der Waals surface area contributed by atoms with Gasteiger partial charge in [-0.1, -0.05) is 42.5 Å². The molecule has 0 aliphatic carbocycles. The standard InChI is InChI=1S/C22H18FNO3S/c1-14-19(16-9-11-17(23)12-10-16)20(22(26)27-2)21(28-14)24-18(25)13-8-15-6-4-3-5-7-15/h3-13H,1-2H3,(H,24,25)/b13-8-.